The molecule has 1 aromatic rings. The summed E-state index contributed by atoms with van der Waals surface area (Å²) in [6.45, 7) is 6.08. The van der Waals surface area contributed by atoms with Gasteiger partial charge >= 0.3 is 0 Å². The van der Waals surface area contributed by atoms with Crippen molar-refractivity contribution in [2.24, 2.45) is 0 Å². The molecule has 0 radical (unpaired) electrons. The lowest BCUT2D eigenvalue weighted by molar-refractivity contribution is 0.0562. The average molecular weight is 249 g/mol. The zero-order valence-electron chi connectivity index (χ0n) is 10.7. The molecule has 1 atom stereocenters. The molecular weight excluding hydrogens is 230 g/mol. The first-order valence-electron chi connectivity index (χ1n) is 6.30. The van der Waals surface area contributed by atoms with Crippen molar-refractivity contribution in [3.05, 3.63) is 23.5 Å². The minimum atomic E-state index is -0.420. The molecule has 0 bridgehead atoms. The molecule has 2 rings (SSSR count). The summed E-state index contributed by atoms with van der Waals surface area (Å²) >= 11 is 0. The van der Waals surface area contributed by atoms with Crippen molar-refractivity contribution in [1.29, 1.82) is 5.26 Å². The summed E-state index contributed by atoms with van der Waals surface area (Å²) in [4.78, 5) is 2.16. The van der Waals surface area contributed by atoms with Crippen LogP contribution in [-0.4, -0.2) is 47.0 Å². The smallest absolute Gasteiger partial charge is 0.120 e. The quantitative estimate of drug-likeness (QED) is 0.851. The zero-order valence-corrected chi connectivity index (χ0v) is 10.7. The fourth-order valence-corrected chi connectivity index (χ4v) is 2.27. The van der Waals surface area contributed by atoms with Gasteiger partial charge in [-0.15, -0.1) is 0 Å². The van der Waals surface area contributed by atoms with Crippen molar-refractivity contribution in [2.75, 3.05) is 26.3 Å². The Bertz CT molecular complexity index is 436. The Morgan fingerprint density at radius 3 is 3.11 bits per heavy atom. The minimum absolute atomic E-state index is 0.413. The molecule has 1 fully saturated rings. The van der Waals surface area contributed by atoms with Gasteiger partial charge in [0.15, 0.2) is 0 Å². The monoisotopic (exact) mass is 249 g/mol. The summed E-state index contributed by atoms with van der Waals surface area (Å²) in [6, 6.07) is 4.11. The van der Waals surface area contributed by atoms with E-state index in [0.717, 1.165) is 25.2 Å². The highest BCUT2D eigenvalue weighted by Crippen LogP contribution is 2.12. The van der Waals surface area contributed by atoms with E-state index in [0.29, 0.717) is 25.5 Å². The second-order valence-electron chi connectivity index (χ2n) is 4.60. The van der Waals surface area contributed by atoms with E-state index >= 15 is 0 Å². The Labute approximate surface area is 107 Å². The molecule has 0 unspecified atom stereocenters. The third-order valence-electron chi connectivity index (χ3n) is 3.15. The van der Waals surface area contributed by atoms with Crippen molar-refractivity contribution in [2.45, 2.75) is 26.1 Å². The maximum atomic E-state index is 9.67. The molecule has 1 aromatic heterocycles. The van der Waals surface area contributed by atoms with Gasteiger partial charge in [0.05, 0.1) is 19.3 Å². The summed E-state index contributed by atoms with van der Waals surface area (Å²) in [7, 11) is 0. The largest absolute Gasteiger partial charge is 0.389 e. The van der Waals surface area contributed by atoms with Gasteiger partial charge in [-0.3, -0.25) is 4.90 Å². The van der Waals surface area contributed by atoms with Crippen molar-refractivity contribution in [3.8, 4) is 6.07 Å². The highest BCUT2D eigenvalue weighted by atomic mass is 16.5. The number of hydrogen-bond donors (Lipinski definition) is 1. The topological polar surface area (TPSA) is 61.4 Å². The SMILES string of the molecule is CCn1cc(CN2CCOC[C@H](O)C2)cc1C#N. The lowest BCUT2D eigenvalue weighted by Crippen LogP contribution is -2.32. The Morgan fingerprint density at radius 1 is 1.61 bits per heavy atom. The van der Waals surface area contributed by atoms with Crippen molar-refractivity contribution in [1.82, 2.24) is 9.47 Å². The number of aryl methyl sites for hydroxylation is 1. The Morgan fingerprint density at radius 2 is 2.44 bits per heavy atom. The minimum Gasteiger partial charge on any atom is -0.389 e. The summed E-state index contributed by atoms with van der Waals surface area (Å²) in [6.07, 6.45) is 1.59. The number of nitriles is 1. The normalized spacial score (nSPS) is 21.5. The van der Waals surface area contributed by atoms with Crippen LogP contribution in [0.4, 0.5) is 0 Å². The molecule has 0 amide bonds. The van der Waals surface area contributed by atoms with E-state index in [2.05, 4.69) is 11.0 Å². The van der Waals surface area contributed by atoms with Gasteiger partial charge in [-0.1, -0.05) is 0 Å². The number of nitrogens with zero attached hydrogens (tertiary/aromatic N) is 3. The van der Waals surface area contributed by atoms with Crippen LogP contribution in [0.15, 0.2) is 12.3 Å². The van der Waals surface area contributed by atoms with Crippen LogP contribution in [0.2, 0.25) is 0 Å². The molecule has 0 saturated carbocycles. The summed E-state index contributed by atoms with van der Waals surface area (Å²) < 4.78 is 7.24. The van der Waals surface area contributed by atoms with E-state index in [9.17, 15) is 5.11 Å². The van der Waals surface area contributed by atoms with Gasteiger partial charge in [0.25, 0.3) is 0 Å². The van der Waals surface area contributed by atoms with Crippen molar-refractivity contribution in [3.63, 3.8) is 0 Å². The van der Waals surface area contributed by atoms with Crippen LogP contribution >= 0.6 is 0 Å². The fourth-order valence-electron chi connectivity index (χ4n) is 2.27. The molecule has 0 aliphatic carbocycles. The highest BCUT2D eigenvalue weighted by Gasteiger charge is 2.17. The first kappa shape index (κ1) is 13.1. The third-order valence-corrected chi connectivity index (χ3v) is 3.15. The van der Waals surface area contributed by atoms with Gasteiger partial charge < -0.3 is 14.4 Å². The van der Waals surface area contributed by atoms with Gasteiger partial charge in [-0.05, 0) is 18.6 Å². The predicted octanol–water partition coefficient (Wildman–Crippen LogP) is 0.573. The van der Waals surface area contributed by atoms with Crippen LogP contribution in [0.3, 0.4) is 0 Å². The van der Waals surface area contributed by atoms with Crippen LogP contribution in [0.1, 0.15) is 18.2 Å². The molecule has 5 nitrogen and oxygen atoms in total. The third kappa shape index (κ3) is 3.10. The van der Waals surface area contributed by atoms with E-state index in [1.54, 1.807) is 0 Å². The van der Waals surface area contributed by atoms with E-state index in [-0.39, 0.29) is 0 Å². The standard InChI is InChI=1S/C13H19N3O2/c1-2-16-8-11(5-12(16)6-14)7-15-3-4-18-10-13(17)9-15/h5,8,13,17H,2-4,7,9-10H2,1H3/t13-/m1/s1. The van der Waals surface area contributed by atoms with Crippen molar-refractivity contribution >= 4 is 0 Å². The molecule has 98 valence electrons. The highest BCUT2D eigenvalue weighted by molar-refractivity contribution is 5.28. The molecule has 0 aromatic carbocycles. The zero-order chi connectivity index (χ0) is 13.0. The molecule has 2 heterocycles. The predicted molar refractivity (Wildman–Crippen MR) is 66.9 cm³/mol. The Balaban J connectivity index is 2.04. The van der Waals surface area contributed by atoms with E-state index in [1.165, 1.54) is 0 Å². The van der Waals surface area contributed by atoms with Gasteiger partial charge in [0.2, 0.25) is 0 Å². The lowest BCUT2D eigenvalue weighted by atomic mass is 10.2. The Kier molecular flexibility index (Phi) is 4.37. The Hall–Kier alpha value is -1.35. The average Bonchev–Trinajstić information content (AvgIpc) is 2.64. The first-order chi connectivity index (χ1) is 8.72. The number of aliphatic hydroxyl groups is 1. The number of rotatable bonds is 3. The maximum Gasteiger partial charge on any atom is 0.120 e. The molecule has 1 saturated heterocycles. The second kappa shape index (κ2) is 6.01. The first-order valence-corrected chi connectivity index (χ1v) is 6.30. The molecule has 1 aliphatic heterocycles. The number of aliphatic hydroxyl groups excluding tert-OH is 1. The van der Waals surface area contributed by atoms with Crippen LogP contribution in [0, 0.1) is 11.3 Å². The van der Waals surface area contributed by atoms with E-state index in [4.69, 9.17) is 10.00 Å². The van der Waals surface area contributed by atoms with E-state index in [1.807, 2.05) is 23.8 Å². The van der Waals surface area contributed by atoms with Crippen molar-refractivity contribution < 1.29 is 9.84 Å². The summed E-state index contributed by atoms with van der Waals surface area (Å²) in [5.41, 5.74) is 1.81. The molecule has 18 heavy (non-hydrogen) atoms. The molecule has 5 heteroatoms. The number of ether oxygens (including phenoxy) is 1. The van der Waals surface area contributed by atoms with Gasteiger partial charge in [-0.25, -0.2) is 0 Å². The number of β-amino-alcohol motifs (C(OH)–C–C–N with tert-alkyl or cyclic N) is 1. The summed E-state index contributed by atoms with van der Waals surface area (Å²) in [5.74, 6) is 0. The molecule has 0 spiro atoms. The van der Waals surface area contributed by atoms with Gasteiger partial charge in [0, 0.05) is 32.4 Å². The maximum absolute atomic E-state index is 9.67. The molecule has 1 N–H and O–H groups in total. The van der Waals surface area contributed by atoms with Crippen LogP contribution in [-0.2, 0) is 17.8 Å². The van der Waals surface area contributed by atoms with E-state index < -0.39 is 6.10 Å². The summed E-state index contributed by atoms with van der Waals surface area (Å²) in [5, 5.41) is 18.7. The van der Waals surface area contributed by atoms with Crippen LogP contribution < -0.4 is 0 Å². The fraction of sp³-hybridized carbons (Fsp3) is 0.615. The number of hydrogen-bond acceptors (Lipinski definition) is 4. The second-order valence-corrected chi connectivity index (χ2v) is 4.60. The van der Waals surface area contributed by atoms with Crippen LogP contribution in [0.25, 0.3) is 0 Å². The van der Waals surface area contributed by atoms with Crippen LogP contribution in [0.5, 0.6) is 0 Å². The molecular formula is C13H19N3O2. The van der Waals surface area contributed by atoms with Gasteiger partial charge in [0.1, 0.15) is 11.8 Å². The number of aromatic nitrogens is 1. The lowest BCUT2D eigenvalue weighted by Gasteiger charge is -2.19. The molecule has 1 aliphatic rings. The van der Waals surface area contributed by atoms with Gasteiger partial charge in [-0.2, -0.15) is 5.26 Å².